The summed E-state index contributed by atoms with van der Waals surface area (Å²) in [5.74, 6) is 0.751. The van der Waals surface area contributed by atoms with Gasteiger partial charge in [0.2, 0.25) is 0 Å². The van der Waals surface area contributed by atoms with Crippen molar-refractivity contribution in [1.29, 1.82) is 0 Å². The second kappa shape index (κ2) is 6.68. The quantitative estimate of drug-likeness (QED) is 0.930. The van der Waals surface area contributed by atoms with Crippen LogP contribution in [0.15, 0.2) is 36.7 Å². The predicted molar refractivity (Wildman–Crippen MR) is 88.2 cm³/mol. The highest BCUT2D eigenvalue weighted by Crippen LogP contribution is 2.16. The molecule has 1 fully saturated rings. The number of para-hydroxylation sites is 1. The molecule has 1 saturated heterocycles. The highest BCUT2D eigenvalue weighted by molar-refractivity contribution is 5.75. The summed E-state index contributed by atoms with van der Waals surface area (Å²) in [4.78, 5) is 16.6. The van der Waals surface area contributed by atoms with Gasteiger partial charge in [-0.15, -0.1) is 10.2 Å². The summed E-state index contributed by atoms with van der Waals surface area (Å²) >= 11 is 0. The number of aryl methyl sites for hydroxylation is 1. The van der Waals surface area contributed by atoms with Crippen LogP contribution >= 0.6 is 0 Å². The van der Waals surface area contributed by atoms with E-state index in [1.54, 1.807) is 6.33 Å². The SMILES string of the molecule is C[C@H](NC(=O)N1CCN(c2ccccc2)CC1)c1nncn1C. The van der Waals surface area contributed by atoms with E-state index < -0.39 is 0 Å². The number of piperazine rings is 1. The lowest BCUT2D eigenvalue weighted by Crippen LogP contribution is -2.52. The molecule has 1 aliphatic heterocycles. The van der Waals surface area contributed by atoms with Crippen molar-refractivity contribution >= 4 is 11.7 Å². The number of hydrogen-bond donors (Lipinski definition) is 1. The Kier molecular flexibility index (Phi) is 4.45. The maximum Gasteiger partial charge on any atom is 0.318 e. The number of aromatic nitrogens is 3. The van der Waals surface area contributed by atoms with Gasteiger partial charge in [-0.1, -0.05) is 18.2 Å². The van der Waals surface area contributed by atoms with E-state index in [2.05, 4.69) is 32.5 Å². The Bertz CT molecular complexity index is 648. The van der Waals surface area contributed by atoms with Gasteiger partial charge in [0.1, 0.15) is 6.33 Å². The van der Waals surface area contributed by atoms with Crippen molar-refractivity contribution < 1.29 is 4.79 Å². The molecule has 23 heavy (non-hydrogen) atoms. The van der Waals surface area contributed by atoms with Crippen LogP contribution in [0.1, 0.15) is 18.8 Å². The molecule has 3 rings (SSSR count). The molecule has 1 aromatic heterocycles. The van der Waals surface area contributed by atoms with Crippen LogP contribution in [-0.4, -0.2) is 51.9 Å². The second-order valence-electron chi connectivity index (χ2n) is 5.78. The summed E-state index contributed by atoms with van der Waals surface area (Å²) < 4.78 is 1.82. The summed E-state index contributed by atoms with van der Waals surface area (Å²) in [6.07, 6.45) is 1.64. The molecule has 2 amide bonds. The average Bonchev–Trinajstić information content (AvgIpc) is 3.02. The maximum absolute atomic E-state index is 12.4. The van der Waals surface area contributed by atoms with Crippen molar-refractivity contribution in [3.63, 3.8) is 0 Å². The molecule has 1 atom stereocenters. The predicted octanol–water partition coefficient (Wildman–Crippen LogP) is 1.41. The molecule has 0 unspecified atom stereocenters. The smallest absolute Gasteiger partial charge is 0.318 e. The van der Waals surface area contributed by atoms with Gasteiger partial charge in [0.25, 0.3) is 0 Å². The van der Waals surface area contributed by atoms with Crippen molar-refractivity contribution in [1.82, 2.24) is 25.0 Å². The van der Waals surface area contributed by atoms with Gasteiger partial charge in [-0.3, -0.25) is 0 Å². The Morgan fingerprint density at radius 1 is 1.17 bits per heavy atom. The van der Waals surface area contributed by atoms with Gasteiger partial charge in [0.05, 0.1) is 6.04 Å². The van der Waals surface area contributed by atoms with Gasteiger partial charge in [-0.05, 0) is 19.1 Å². The maximum atomic E-state index is 12.4. The molecule has 2 heterocycles. The first kappa shape index (κ1) is 15.3. The van der Waals surface area contributed by atoms with E-state index >= 15 is 0 Å². The third-order valence-corrected chi connectivity index (χ3v) is 4.16. The van der Waals surface area contributed by atoms with Gasteiger partial charge in [-0.25, -0.2) is 4.79 Å². The molecule has 0 spiro atoms. The number of carbonyl (C=O) groups excluding carboxylic acids is 1. The van der Waals surface area contributed by atoms with Crippen LogP contribution in [0.25, 0.3) is 0 Å². The normalized spacial score (nSPS) is 16.3. The van der Waals surface area contributed by atoms with Crippen molar-refractivity contribution in [2.75, 3.05) is 31.1 Å². The summed E-state index contributed by atoms with van der Waals surface area (Å²) in [5, 5.41) is 10.9. The fourth-order valence-electron chi connectivity index (χ4n) is 2.83. The molecular formula is C16H22N6O. The highest BCUT2D eigenvalue weighted by Gasteiger charge is 2.23. The topological polar surface area (TPSA) is 66.3 Å². The first-order chi connectivity index (χ1) is 11.1. The number of nitrogens with one attached hydrogen (secondary N) is 1. The third kappa shape index (κ3) is 3.44. The Labute approximate surface area is 135 Å². The number of anilines is 1. The van der Waals surface area contributed by atoms with E-state index in [9.17, 15) is 4.79 Å². The van der Waals surface area contributed by atoms with E-state index in [-0.39, 0.29) is 12.1 Å². The number of amides is 2. The van der Waals surface area contributed by atoms with Crippen molar-refractivity contribution in [2.24, 2.45) is 7.05 Å². The molecular weight excluding hydrogens is 292 g/mol. The number of rotatable bonds is 3. The van der Waals surface area contributed by atoms with Crippen LogP contribution in [0.3, 0.4) is 0 Å². The third-order valence-electron chi connectivity index (χ3n) is 4.16. The number of carbonyl (C=O) groups is 1. The zero-order chi connectivity index (χ0) is 16.2. The van der Waals surface area contributed by atoms with Gasteiger partial charge in [0.15, 0.2) is 5.82 Å². The molecule has 2 aromatic rings. The Morgan fingerprint density at radius 3 is 2.48 bits per heavy atom. The molecule has 7 heteroatoms. The molecule has 122 valence electrons. The van der Waals surface area contributed by atoms with Crippen LogP contribution in [0.4, 0.5) is 10.5 Å². The number of hydrogen-bond acceptors (Lipinski definition) is 4. The lowest BCUT2D eigenvalue weighted by molar-refractivity contribution is 0.190. The second-order valence-corrected chi connectivity index (χ2v) is 5.78. The highest BCUT2D eigenvalue weighted by atomic mass is 16.2. The van der Waals surface area contributed by atoms with E-state index in [1.807, 2.05) is 41.6 Å². The van der Waals surface area contributed by atoms with Crippen LogP contribution in [-0.2, 0) is 7.05 Å². The molecule has 0 radical (unpaired) electrons. The zero-order valence-electron chi connectivity index (χ0n) is 13.5. The molecule has 1 N–H and O–H groups in total. The van der Waals surface area contributed by atoms with Crippen LogP contribution in [0, 0.1) is 0 Å². The first-order valence-corrected chi connectivity index (χ1v) is 7.84. The Balaban J connectivity index is 1.53. The summed E-state index contributed by atoms with van der Waals surface area (Å²) in [6, 6.07) is 10.1. The van der Waals surface area contributed by atoms with Crippen molar-refractivity contribution in [3.8, 4) is 0 Å². The molecule has 0 aliphatic carbocycles. The number of nitrogens with zero attached hydrogens (tertiary/aromatic N) is 5. The Hall–Kier alpha value is -2.57. The van der Waals surface area contributed by atoms with E-state index in [4.69, 9.17) is 0 Å². The summed E-state index contributed by atoms with van der Waals surface area (Å²) in [5.41, 5.74) is 1.21. The largest absolute Gasteiger partial charge is 0.368 e. The van der Waals surface area contributed by atoms with E-state index in [0.29, 0.717) is 13.1 Å². The van der Waals surface area contributed by atoms with Crippen LogP contribution < -0.4 is 10.2 Å². The van der Waals surface area contributed by atoms with E-state index in [0.717, 1.165) is 18.9 Å². The summed E-state index contributed by atoms with van der Waals surface area (Å²) in [6.45, 7) is 5.03. The lowest BCUT2D eigenvalue weighted by Gasteiger charge is -2.36. The van der Waals surface area contributed by atoms with E-state index in [1.165, 1.54) is 5.69 Å². The number of benzene rings is 1. The number of urea groups is 1. The molecule has 0 saturated carbocycles. The standard InChI is InChI=1S/C16H22N6O/c1-13(15-19-17-12-20(15)2)18-16(23)22-10-8-21(9-11-22)14-6-4-3-5-7-14/h3-7,12-13H,8-11H2,1-2H3,(H,18,23)/t13-/m0/s1. The Morgan fingerprint density at radius 2 is 1.87 bits per heavy atom. The van der Waals surface area contributed by atoms with Crippen molar-refractivity contribution in [2.45, 2.75) is 13.0 Å². The molecule has 1 aliphatic rings. The zero-order valence-corrected chi connectivity index (χ0v) is 13.5. The monoisotopic (exact) mass is 314 g/mol. The average molecular weight is 314 g/mol. The fraction of sp³-hybridized carbons (Fsp3) is 0.438. The molecule has 0 bridgehead atoms. The van der Waals surface area contributed by atoms with Gasteiger partial charge in [0, 0.05) is 38.9 Å². The minimum atomic E-state index is -0.165. The van der Waals surface area contributed by atoms with Gasteiger partial charge >= 0.3 is 6.03 Å². The molecule has 1 aromatic carbocycles. The molecule has 7 nitrogen and oxygen atoms in total. The fourth-order valence-corrected chi connectivity index (χ4v) is 2.83. The van der Waals surface area contributed by atoms with Gasteiger partial charge in [-0.2, -0.15) is 0 Å². The lowest BCUT2D eigenvalue weighted by atomic mass is 10.2. The van der Waals surface area contributed by atoms with Crippen molar-refractivity contribution in [3.05, 3.63) is 42.5 Å². The minimum absolute atomic E-state index is 0.0480. The van der Waals surface area contributed by atoms with Gasteiger partial charge < -0.3 is 19.7 Å². The van der Waals surface area contributed by atoms with Crippen LogP contribution in [0.2, 0.25) is 0 Å². The minimum Gasteiger partial charge on any atom is -0.368 e. The van der Waals surface area contributed by atoms with Crippen LogP contribution in [0.5, 0.6) is 0 Å². The first-order valence-electron chi connectivity index (χ1n) is 7.84. The summed E-state index contributed by atoms with van der Waals surface area (Å²) in [7, 11) is 1.87.